The van der Waals surface area contributed by atoms with E-state index in [0.29, 0.717) is 5.92 Å². The minimum atomic E-state index is -1.31. The van der Waals surface area contributed by atoms with Crippen molar-refractivity contribution in [2.24, 2.45) is 0 Å². The van der Waals surface area contributed by atoms with Gasteiger partial charge in [0.1, 0.15) is 19.2 Å². The second-order valence-electron chi connectivity index (χ2n) is 10.4. The molecule has 1 aliphatic rings. The zero-order valence-electron chi connectivity index (χ0n) is 23.1. The van der Waals surface area contributed by atoms with Gasteiger partial charge in [0.15, 0.2) is 0 Å². The SMILES string of the molecule is C=O.C=O.Cc1cc(CCC(=C2CC2)c2ccccc2C)ccc1CC(C)c1cccc(C(C)(C)F)c1.[HH].[HH]. The van der Waals surface area contributed by atoms with Gasteiger partial charge in [-0.2, -0.15) is 0 Å². The molecule has 4 rings (SSSR count). The lowest BCUT2D eigenvalue weighted by molar-refractivity contribution is -0.0987. The van der Waals surface area contributed by atoms with Crippen LogP contribution in [0.4, 0.5) is 4.39 Å². The molecule has 0 N–H and O–H groups in total. The van der Waals surface area contributed by atoms with E-state index in [-0.39, 0.29) is 2.85 Å². The van der Waals surface area contributed by atoms with Gasteiger partial charge in [0, 0.05) is 2.85 Å². The highest BCUT2D eigenvalue weighted by atomic mass is 19.1. The Balaban J connectivity index is 0.00000230. The van der Waals surface area contributed by atoms with Crippen LogP contribution < -0.4 is 0 Å². The Labute approximate surface area is 225 Å². The standard InChI is InChI=1S/C32H37F.2CH2O.2H2/c1-22-9-6-7-12-30(22)31(26-16-17-26)18-14-25-13-15-28(23(2)19-25)20-24(3)27-10-8-11-29(21-27)32(4,5)33;2*1-2;;/h6-13,15,19,21,24H,14,16-18,20H2,1-5H3;2*1H2;2*1H. The van der Waals surface area contributed by atoms with Crippen LogP contribution in [-0.2, 0) is 28.1 Å². The molecule has 0 aliphatic heterocycles. The number of benzene rings is 3. The average Bonchev–Trinajstić information content (AvgIpc) is 3.74. The molecule has 0 saturated heterocycles. The predicted molar refractivity (Wildman–Crippen MR) is 158 cm³/mol. The van der Waals surface area contributed by atoms with E-state index >= 15 is 0 Å². The molecule has 2 nitrogen and oxygen atoms in total. The van der Waals surface area contributed by atoms with Gasteiger partial charge < -0.3 is 9.59 Å². The summed E-state index contributed by atoms with van der Waals surface area (Å²) >= 11 is 0. The van der Waals surface area contributed by atoms with Crippen molar-refractivity contribution in [3.63, 3.8) is 0 Å². The van der Waals surface area contributed by atoms with Crippen LogP contribution in [0.1, 0.15) is 87.7 Å². The Hall–Kier alpha value is -3.33. The normalized spacial score (nSPS) is 13.0. The van der Waals surface area contributed by atoms with Crippen molar-refractivity contribution in [3.05, 3.63) is 111 Å². The second kappa shape index (κ2) is 13.8. The van der Waals surface area contributed by atoms with Crippen LogP contribution in [0.3, 0.4) is 0 Å². The number of alkyl halides is 1. The maximum Gasteiger partial charge on any atom is 0.130 e. The van der Waals surface area contributed by atoms with Crippen LogP contribution in [0.5, 0.6) is 0 Å². The summed E-state index contributed by atoms with van der Waals surface area (Å²) in [6.07, 6.45) is 5.69. The van der Waals surface area contributed by atoms with E-state index in [1.165, 1.54) is 46.2 Å². The van der Waals surface area contributed by atoms with Crippen molar-refractivity contribution >= 4 is 19.2 Å². The molecule has 0 bridgehead atoms. The maximum absolute atomic E-state index is 14.4. The summed E-state index contributed by atoms with van der Waals surface area (Å²) in [5.41, 5.74) is 10.8. The summed E-state index contributed by atoms with van der Waals surface area (Å²) in [7, 11) is 0. The molecule has 0 amide bonds. The topological polar surface area (TPSA) is 34.1 Å². The summed E-state index contributed by atoms with van der Waals surface area (Å²) in [5.74, 6) is 0.351. The van der Waals surface area contributed by atoms with E-state index in [1.807, 2.05) is 31.8 Å². The molecular weight excluding hydrogens is 459 g/mol. The lowest BCUT2D eigenvalue weighted by atomic mass is 9.88. The van der Waals surface area contributed by atoms with E-state index in [1.54, 1.807) is 25.0 Å². The monoisotopic (exact) mass is 504 g/mol. The first-order valence-electron chi connectivity index (χ1n) is 12.9. The Morgan fingerprint density at radius 3 is 2.19 bits per heavy atom. The molecule has 0 aromatic heterocycles. The van der Waals surface area contributed by atoms with Gasteiger partial charge in [-0.15, -0.1) is 0 Å². The van der Waals surface area contributed by atoms with Crippen molar-refractivity contribution in [2.75, 3.05) is 0 Å². The molecule has 37 heavy (non-hydrogen) atoms. The minimum Gasteiger partial charge on any atom is -0.307 e. The summed E-state index contributed by atoms with van der Waals surface area (Å²) in [6, 6.07) is 23.8. The van der Waals surface area contributed by atoms with Gasteiger partial charge in [0.05, 0.1) is 0 Å². The number of aryl methyl sites for hydroxylation is 3. The highest BCUT2D eigenvalue weighted by Gasteiger charge is 2.21. The lowest BCUT2D eigenvalue weighted by Crippen LogP contribution is -2.10. The molecule has 3 aromatic carbocycles. The Morgan fingerprint density at radius 2 is 1.59 bits per heavy atom. The van der Waals surface area contributed by atoms with E-state index in [4.69, 9.17) is 9.59 Å². The fraction of sp³-hybridized carbons (Fsp3) is 0.353. The fourth-order valence-corrected chi connectivity index (χ4v) is 4.85. The number of hydrogen-bond donors (Lipinski definition) is 0. The minimum absolute atomic E-state index is 0. The van der Waals surface area contributed by atoms with Gasteiger partial charge in [-0.1, -0.05) is 79.2 Å². The third-order valence-corrected chi connectivity index (χ3v) is 7.14. The molecule has 200 valence electrons. The highest BCUT2D eigenvalue weighted by molar-refractivity contribution is 5.73. The number of halogens is 1. The summed E-state index contributed by atoms with van der Waals surface area (Å²) in [5, 5.41) is 0. The van der Waals surface area contributed by atoms with E-state index in [9.17, 15) is 4.39 Å². The quantitative estimate of drug-likeness (QED) is 0.306. The first kappa shape index (κ1) is 29.9. The molecule has 3 aromatic rings. The largest absolute Gasteiger partial charge is 0.307 e. The molecule has 1 fully saturated rings. The van der Waals surface area contributed by atoms with Crippen LogP contribution in [0.25, 0.3) is 5.57 Å². The molecule has 0 heterocycles. The highest BCUT2D eigenvalue weighted by Crippen LogP contribution is 2.39. The molecule has 0 radical (unpaired) electrons. The fourth-order valence-electron chi connectivity index (χ4n) is 4.85. The summed E-state index contributed by atoms with van der Waals surface area (Å²) < 4.78 is 14.4. The van der Waals surface area contributed by atoms with Gasteiger partial charge >= 0.3 is 0 Å². The van der Waals surface area contributed by atoms with Gasteiger partial charge in [-0.05, 0) is 110 Å². The van der Waals surface area contributed by atoms with Crippen molar-refractivity contribution in [2.45, 2.75) is 78.3 Å². The van der Waals surface area contributed by atoms with E-state index < -0.39 is 5.67 Å². The van der Waals surface area contributed by atoms with Gasteiger partial charge in [-0.25, -0.2) is 4.39 Å². The number of carbonyl (C=O) groups excluding carboxylic acids is 2. The van der Waals surface area contributed by atoms with Crippen molar-refractivity contribution in [1.29, 1.82) is 0 Å². The lowest BCUT2D eigenvalue weighted by Gasteiger charge is -2.19. The summed E-state index contributed by atoms with van der Waals surface area (Å²) in [4.78, 5) is 16.0. The predicted octanol–water partition coefficient (Wildman–Crippen LogP) is 9.16. The second-order valence-corrected chi connectivity index (χ2v) is 10.4. The van der Waals surface area contributed by atoms with Gasteiger partial charge in [0.25, 0.3) is 0 Å². The zero-order chi connectivity index (χ0) is 27.6. The molecule has 3 heteroatoms. The van der Waals surface area contributed by atoms with Crippen LogP contribution in [0, 0.1) is 13.8 Å². The summed E-state index contributed by atoms with van der Waals surface area (Å²) in [6.45, 7) is 14.0. The first-order chi connectivity index (χ1) is 17.7. The molecular formula is C34H45FO2. The number of carbonyl (C=O) groups is 2. The van der Waals surface area contributed by atoms with Crippen LogP contribution in [0.2, 0.25) is 0 Å². The average molecular weight is 505 g/mol. The smallest absolute Gasteiger partial charge is 0.130 e. The van der Waals surface area contributed by atoms with Crippen molar-refractivity contribution in [3.8, 4) is 0 Å². The third kappa shape index (κ3) is 8.35. The number of hydrogen-bond acceptors (Lipinski definition) is 2. The van der Waals surface area contributed by atoms with Crippen molar-refractivity contribution in [1.82, 2.24) is 0 Å². The number of rotatable bonds is 8. The Bertz CT molecular complexity index is 1210. The van der Waals surface area contributed by atoms with Crippen LogP contribution in [0.15, 0.2) is 72.3 Å². The molecule has 1 atom stereocenters. The maximum atomic E-state index is 14.4. The van der Waals surface area contributed by atoms with Gasteiger partial charge in [0.2, 0.25) is 0 Å². The first-order valence-corrected chi connectivity index (χ1v) is 12.9. The third-order valence-electron chi connectivity index (χ3n) is 7.14. The Kier molecular flexibility index (Phi) is 11.2. The molecule has 1 saturated carbocycles. The zero-order valence-corrected chi connectivity index (χ0v) is 23.1. The van der Waals surface area contributed by atoms with Gasteiger partial charge in [-0.3, -0.25) is 0 Å². The van der Waals surface area contributed by atoms with Crippen molar-refractivity contribution < 1.29 is 16.8 Å². The number of allylic oxidation sites excluding steroid dienone is 2. The van der Waals surface area contributed by atoms with E-state index in [2.05, 4.69) is 69.3 Å². The molecule has 1 unspecified atom stereocenters. The molecule has 0 spiro atoms. The van der Waals surface area contributed by atoms with E-state index in [0.717, 1.165) is 24.8 Å². The molecule has 1 aliphatic carbocycles. The Morgan fingerprint density at radius 1 is 0.919 bits per heavy atom. The van der Waals surface area contributed by atoms with Crippen LogP contribution in [-0.4, -0.2) is 13.6 Å². The van der Waals surface area contributed by atoms with Crippen LogP contribution >= 0.6 is 0 Å².